The molecule has 0 aromatic carbocycles. The van der Waals surface area contributed by atoms with Gasteiger partial charge in [0.15, 0.2) is 5.88 Å². The molecule has 4 rings (SSSR count). The molecule has 3 aromatic rings. The molecule has 1 aliphatic heterocycles. The van der Waals surface area contributed by atoms with E-state index in [1.54, 1.807) is 6.33 Å². The van der Waals surface area contributed by atoms with Gasteiger partial charge in [-0.1, -0.05) is 0 Å². The van der Waals surface area contributed by atoms with Crippen LogP contribution >= 0.6 is 0 Å². The highest BCUT2D eigenvalue weighted by atomic mass is 16.3. The van der Waals surface area contributed by atoms with Crippen LogP contribution in [0.1, 0.15) is 24.3 Å². The van der Waals surface area contributed by atoms with Crippen LogP contribution in [0.15, 0.2) is 30.9 Å². The second kappa shape index (κ2) is 4.80. The Bertz CT molecular complexity index is 754. The molecule has 4 heterocycles. The predicted octanol–water partition coefficient (Wildman–Crippen LogP) is 2.38. The number of H-pyrrole nitrogens is 2. The molecule has 0 bridgehead atoms. The van der Waals surface area contributed by atoms with Gasteiger partial charge in [-0.15, -0.1) is 0 Å². The Kier molecular flexibility index (Phi) is 2.80. The first-order chi connectivity index (χ1) is 10.3. The van der Waals surface area contributed by atoms with Crippen LogP contribution < -0.4 is 4.90 Å². The van der Waals surface area contributed by atoms with Crippen LogP contribution in [0.2, 0.25) is 0 Å². The summed E-state index contributed by atoms with van der Waals surface area (Å²) in [7, 11) is 0. The number of nitrogens with one attached hydrogen (secondary N) is 2. The van der Waals surface area contributed by atoms with Crippen molar-refractivity contribution in [2.45, 2.75) is 18.8 Å². The molecule has 3 N–H and O–H groups in total. The monoisotopic (exact) mass is 283 g/mol. The standard InChI is InChI=1S/C15H17N5O/c21-13-7-11(8-17-13)10-2-5-20(6-3-10)15-12-1-4-16-14(12)18-9-19-15/h1,4,7-10,17,21H,2-3,5-6H2,(H,16,18,19). The molecule has 0 spiro atoms. The molecule has 0 unspecified atom stereocenters. The summed E-state index contributed by atoms with van der Waals surface area (Å²) in [6.45, 7) is 1.93. The Morgan fingerprint density at radius 3 is 2.81 bits per heavy atom. The molecule has 108 valence electrons. The molecule has 3 aromatic heterocycles. The normalized spacial score (nSPS) is 16.7. The maximum absolute atomic E-state index is 9.42. The maximum Gasteiger partial charge on any atom is 0.188 e. The summed E-state index contributed by atoms with van der Waals surface area (Å²) in [6.07, 6.45) is 7.55. The van der Waals surface area contributed by atoms with Gasteiger partial charge in [-0.2, -0.15) is 0 Å². The van der Waals surface area contributed by atoms with Crippen LogP contribution in [0.25, 0.3) is 11.0 Å². The number of piperidine rings is 1. The largest absolute Gasteiger partial charge is 0.495 e. The van der Waals surface area contributed by atoms with Crippen molar-refractivity contribution in [2.24, 2.45) is 0 Å². The first kappa shape index (κ1) is 12.3. The van der Waals surface area contributed by atoms with E-state index in [9.17, 15) is 5.11 Å². The van der Waals surface area contributed by atoms with Gasteiger partial charge in [0.25, 0.3) is 0 Å². The molecular weight excluding hydrogens is 266 g/mol. The number of hydrogen-bond acceptors (Lipinski definition) is 4. The van der Waals surface area contributed by atoms with E-state index in [0.29, 0.717) is 5.92 Å². The number of anilines is 1. The molecular formula is C15H17N5O. The molecule has 0 radical (unpaired) electrons. The zero-order valence-corrected chi connectivity index (χ0v) is 11.6. The van der Waals surface area contributed by atoms with Gasteiger partial charge in [-0.05, 0) is 30.4 Å². The Morgan fingerprint density at radius 2 is 2.05 bits per heavy atom. The van der Waals surface area contributed by atoms with Crippen LogP contribution in [0.3, 0.4) is 0 Å². The quantitative estimate of drug-likeness (QED) is 0.674. The zero-order valence-electron chi connectivity index (χ0n) is 11.6. The zero-order chi connectivity index (χ0) is 14.2. The van der Waals surface area contributed by atoms with Crippen LogP contribution in [-0.2, 0) is 0 Å². The van der Waals surface area contributed by atoms with Crippen molar-refractivity contribution in [2.75, 3.05) is 18.0 Å². The van der Waals surface area contributed by atoms with E-state index in [2.05, 4.69) is 24.8 Å². The number of nitrogens with zero attached hydrogens (tertiary/aromatic N) is 3. The van der Waals surface area contributed by atoms with E-state index >= 15 is 0 Å². The van der Waals surface area contributed by atoms with E-state index in [1.165, 1.54) is 5.56 Å². The lowest BCUT2D eigenvalue weighted by Gasteiger charge is -2.32. The van der Waals surface area contributed by atoms with E-state index in [4.69, 9.17) is 0 Å². The number of fused-ring (bicyclic) bond motifs is 1. The lowest BCUT2D eigenvalue weighted by atomic mass is 9.91. The Morgan fingerprint density at radius 1 is 1.19 bits per heavy atom. The highest BCUT2D eigenvalue weighted by Gasteiger charge is 2.23. The molecule has 6 nitrogen and oxygen atoms in total. The molecule has 1 saturated heterocycles. The minimum Gasteiger partial charge on any atom is -0.495 e. The second-order valence-electron chi connectivity index (χ2n) is 5.52. The first-order valence-electron chi connectivity index (χ1n) is 7.21. The Balaban J connectivity index is 1.53. The van der Waals surface area contributed by atoms with Crippen molar-refractivity contribution < 1.29 is 5.11 Å². The highest BCUT2D eigenvalue weighted by Crippen LogP contribution is 2.32. The molecule has 21 heavy (non-hydrogen) atoms. The topological polar surface area (TPSA) is 80.8 Å². The van der Waals surface area contributed by atoms with E-state index in [0.717, 1.165) is 42.8 Å². The van der Waals surface area contributed by atoms with Crippen LogP contribution in [0.5, 0.6) is 5.88 Å². The summed E-state index contributed by atoms with van der Waals surface area (Å²) < 4.78 is 0. The molecule has 0 aliphatic carbocycles. The smallest absolute Gasteiger partial charge is 0.188 e. The molecule has 0 saturated carbocycles. The summed E-state index contributed by atoms with van der Waals surface area (Å²) in [5, 5.41) is 10.5. The SMILES string of the molecule is Oc1cc(C2CCN(c3ncnc4[nH]ccc34)CC2)c[nH]1. The fourth-order valence-corrected chi connectivity index (χ4v) is 3.17. The van der Waals surface area contributed by atoms with Gasteiger partial charge in [-0.3, -0.25) is 0 Å². The third-order valence-corrected chi connectivity index (χ3v) is 4.29. The van der Waals surface area contributed by atoms with Gasteiger partial charge in [0.1, 0.15) is 17.8 Å². The Labute approximate surface area is 121 Å². The number of aromatic nitrogens is 4. The van der Waals surface area contributed by atoms with Gasteiger partial charge in [0.05, 0.1) is 5.39 Å². The average molecular weight is 283 g/mol. The van der Waals surface area contributed by atoms with Crippen molar-refractivity contribution in [3.8, 4) is 5.88 Å². The van der Waals surface area contributed by atoms with Crippen molar-refractivity contribution >= 4 is 16.9 Å². The summed E-state index contributed by atoms with van der Waals surface area (Å²) >= 11 is 0. The number of hydrogen-bond donors (Lipinski definition) is 3. The number of aromatic amines is 2. The van der Waals surface area contributed by atoms with Gasteiger partial charge in [0, 0.05) is 31.5 Å². The predicted molar refractivity (Wildman–Crippen MR) is 80.5 cm³/mol. The molecule has 1 fully saturated rings. The fourth-order valence-electron chi connectivity index (χ4n) is 3.17. The lowest BCUT2D eigenvalue weighted by molar-refractivity contribution is 0.456. The highest BCUT2D eigenvalue weighted by molar-refractivity contribution is 5.87. The molecule has 0 amide bonds. The van der Waals surface area contributed by atoms with Crippen molar-refractivity contribution in [3.63, 3.8) is 0 Å². The molecule has 6 heteroatoms. The van der Waals surface area contributed by atoms with Gasteiger partial charge >= 0.3 is 0 Å². The third kappa shape index (κ3) is 2.12. The van der Waals surface area contributed by atoms with Gasteiger partial charge in [-0.25, -0.2) is 9.97 Å². The minimum absolute atomic E-state index is 0.247. The number of rotatable bonds is 2. The van der Waals surface area contributed by atoms with Crippen LogP contribution in [-0.4, -0.2) is 38.1 Å². The summed E-state index contributed by atoms with van der Waals surface area (Å²) in [5.74, 6) is 1.76. The molecule has 1 aliphatic rings. The van der Waals surface area contributed by atoms with Gasteiger partial charge < -0.3 is 20.0 Å². The molecule has 0 atom stereocenters. The van der Waals surface area contributed by atoms with Crippen LogP contribution in [0, 0.1) is 0 Å². The van der Waals surface area contributed by atoms with E-state index in [1.807, 2.05) is 24.5 Å². The average Bonchev–Trinajstić information content (AvgIpc) is 3.15. The third-order valence-electron chi connectivity index (χ3n) is 4.29. The first-order valence-corrected chi connectivity index (χ1v) is 7.21. The number of aromatic hydroxyl groups is 1. The lowest BCUT2D eigenvalue weighted by Crippen LogP contribution is -2.33. The van der Waals surface area contributed by atoms with Crippen LogP contribution in [0.4, 0.5) is 5.82 Å². The van der Waals surface area contributed by atoms with Gasteiger partial charge in [0.2, 0.25) is 0 Å². The van der Waals surface area contributed by atoms with Crippen molar-refractivity contribution in [3.05, 3.63) is 36.4 Å². The fraction of sp³-hybridized carbons (Fsp3) is 0.333. The summed E-state index contributed by atoms with van der Waals surface area (Å²) in [6, 6.07) is 3.86. The van der Waals surface area contributed by atoms with Crippen molar-refractivity contribution in [1.29, 1.82) is 0 Å². The summed E-state index contributed by atoms with van der Waals surface area (Å²) in [4.78, 5) is 17.0. The maximum atomic E-state index is 9.42. The minimum atomic E-state index is 0.247. The Hall–Kier alpha value is -2.50. The summed E-state index contributed by atoms with van der Waals surface area (Å²) in [5.41, 5.74) is 2.08. The second-order valence-corrected chi connectivity index (χ2v) is 5.52. The van der Waals surface area contributed by atoms with E-state index in [-0.39, 0.29) is 5.88 Å². The van der Waals surface area contributed by atoms with E-state index < -0.39 is 0 Å². The van der Waals surface area contributed by atoms with Crippen molar-refractivity contribution in [1.82, 2.24) is 19.9 Å².